The van der Waals surface area contributed by atoms with E-state index in [0.717, 1.165) is 12.8 Å². The van der Waals surface area contributed by atoms with E-state index in [-0.39, 0.29) is 18.1 Å². The van der Waals surface area contributed by atoms with E-state index in [1.165, 1.54) is 0 Å². The van der Waals surface area contributed by atoms with Gasteiger partial charge in [0.05, 0.1) is 13.2 Å². The Kier molecular flexibility index (Phi) is 3.92. The van der Waals surface area contributed by atoms with Crippen LogP contribution in [0, 0.1) is 11.8 Å². The summed E-state index contributed by atoms with van der Waals surface area (Å²) < 4.78 is 9.77. The number of hydrogen-bond acceptors (Lipinski definition) is 2. The van der Waals surface area contributed by atoms with Crippen LogP contribution in [0.2, 0.25) is 0 Å². The summed E-state index contributed by atoms with van der Waals surface area (Å²) >= 11 is 23.5. The van der Waals surface area contributed by atoms with E-state index in [1.54, 1.807) is 0 Å². The molecule has 2 nitrogen and oxygen atoms in total. The molecule has 0 radical (unpaired) electrons. The summed E-state index contributed by atoms with van der Waals surface area (Å²) in [6.07, 6.45) is 1.31. The van der Waals surface area contributed by atoms with Gasteiger partial charge < -0.3 is 9.47 Å². The Bertz CT molecular complexity index is 244. The zero-order valence-electron chi connectivity index (χ0n) is 8.89. The minimum absolute atomic E-state index is 0.225. The zero-order chi connectivity index (χ0) is 12.0. The molecule has 2 rings (SSSR count). The fourth-order valence-corrected chi connectivity index (χ4v) is 2.45. The maximum absolute atomic E-state index is 5.88. The Morgan fingerprint density at radius 3 is 1.56 bits per heavy atom. The first kappa shape index (κ1) is 13.5. The van der Waals surface area contributed by atoms with Crippen molar-refractivity contribution in [2.45, 2.75) is 34.7 Å². The molecule has 2 aliphatic rings. The molecule has 2 atom stereocenters. The molecule has 0 bridgehead atoms. The summed E-state index contributed by atoms with van der Waals surface area (Å²) in [5.74, 6) is 0.450. The molecule has 0 unspecified atom stereocenters. The summed E-state index contributed by atoms with van der Waals surface area (Å²) in [4.78, 5) is 0. The Hall–Kier alpha value is 1.08. The van der Waals surface area contributed by atoms with Crippen LogP contribution in [0.15, 0.2) is 0 Å². The van der Waals surface area contributed by atoms with Crippen LogP contribution in [0.3, 0.4) is 0 Å². The van der Waals surface area contributed by atoms with Crippen LogP contribution in [0.25, 0.3) is 0 Å². The first-order valence-corrected chi connectivity index (χ1v) is 6.81. The van der Waals surface area contributed by atoms with Crippen LogP contribution in [-0.2, 0) is 9.47 Å². The first-order valence-electron chi connectivity index (χ1n) is 5.30. The van der Waals surface area contributed by atoms with E-state index in [4.69, 9.17) is 55.9 Å². The van der Waals surface area contributed by atoms with Crippen molar-refractivity contribution < 1.29 is 9.47 Å². The first-order chi connectivity index (χ1) is 7.31. The minimum Gasteiger partial charge on any atom is -0.353 e. The molecule has 2 aliphatic carbocycles. The molecule has 94 valence electrons. The molecule has 2 saturated carbocycles. The van der Waals surface area contributed by atoms with E-state index in [2.05, 4.69) is 0 Å². The van der Waals surface area contributed by atoms with Gasteiger partial charge in [0.25, 0.3) is 0 Å². The molecule has 0 aromatic heterocycles. The Balaban J connectivity index is 1.54. The number of halogens is 4. The van der Waals surface area contributed by atoms with Gasteiger partial charge in [-0.15, -0.1) is 46.4 Å². The highest BCUT2D eigenvalue weighted by atomic mass is 35.5. The monoisotopic (exact) mass is 306 g/mol. The Labute approximate surface area is 115 Å². The van der Waals surface area contributed by atoms with E-state index >= 15 is 0 Å². The number of rotatable bonds is 6. The van der Waals surface area contributed by atoms with Crippen molar-refractivity contribution >= 4 is 46.4 Å². The lowest BCUT2D eigenvalue weighted by atomic mass is 10.4. The highest BCUT2D eigenvalue weighted by molar-refractivity contribution is 6.51. The summed E-state index contributed by atoms with van der Waals surface area (Å²) in [6.45, 7) is 2.91. The third kappa shape index (κ3) is 3.54. The average molecular weight is 308 g/mol. The largest absolute Gasteiger partial charge is 0.353 e. The summed E-state index contributed by atoms with van der Waals surface area (Å²) in [7, 11) is 0. The van der Waals surface area contributed by atoms with Crippen LogP contribution in [-0.4, -0.2) is 28.2 Å². The molecule has 0 aliphatic heterocycles. The van der Waals surface area contributed by atoms with Crippen molar-refractivity contribution in [3.63, 3.8) is 0 Å². The van der Waals surface area contributed by atoms with Gasteiger partial charge in [-0.25, -0.2) is 0 Å². The van der Waals surface area contributed by atoms with Gasteiger partial charge in [-0.3, -0.25) is 0 Å². The van der Waals surface area contributed by atoms with Gasteiger partial charge >= 0.3 is 0 Å². The van der Waals surface area contributed by atoms with Crippen LogP contribution >= 0.6 is 46.4 Å². The van der Waals surface area contributed by atoms with Crippen LogP contribution < -0.4 is 0 Å². The molecule has 0 N–H and O–H groups in total. The SMILES string of the molecule is CC(OC[C@@H]1CC1(Cl)Cl)OC[C@@H]1CC1(Cl)Cl. The maximum atomic E-state index is 5.88. The van der Waals surface area contributed by atoms with Gasteiger partial charge in [0.1, 0.15) is 8.67 Å². The topological polar surface area (TPSA) is 18.5 Å². The molecule has 0 saturated heterocycles. The second kappa shape index (κ2) is 4.64. The number of hydrogen-bond donors (Lipinski definition) is 0. The minimum atomic E-state index is -0.586. The van der Waals surface area contributed by atoms with Crippen molar-refractivity contribution in [2.75, 3.05) is 13.2 Å². The summed E-state index contributed by atoms with van der Waals surface area (Å²) in [5.41, 5.74) is 0. The molecule has 0 heterocycles. The molecule has 6 heteroatoms. The molecule has 2 fully saturated rings. The molecule has 0 spiro atoms. The lowest BCUT2D eigenvalue weighted by Crippen LogP contribution is -2.17. The van der Waals surface area contributed by atoms with Gasteiger partial charge in [0.15, 0.2) is 6.29 Å². The van der Waals surface area contributed by atoms with Gasteiger partial charge in [-0.2, -0.15) is 0 Å². The number of ether oxygens (including phenoxy) is 2. The zero-order valence-corrected chi connectivity index (χ0v) is 11.9. The van der Waals surface area contributed by atoms with Crippen molar-refractivity contribution in [3.8, 4) is 0 Å². The normalized spacial score (nSPS) is 34.1. The lowest BCUT2D eigenvalue weighted by Gasteiger charge is -2.14. The van der Waals surface area contributed by atoms with Gasteiger partial charge in [-0.05, 0) is 19.8 Å². The Morgan fingerprint density at radius 2 is 1.31 bits per heavy atom. The third-order valence-corrected chi connectivity index (χ3v) is 4.83. The van der Waals surface area contributed by atoms with Gasteiger partial charge in [0, 0.05) is 11.8 Å². The van der Waals surface area contributed by atoms with Crippen molar-refractivity contribution in [1.29, 1.82) is 0 Å². The predicted octanol–water partition coefficient (Wildman–Crippen LogP) is 3.75. The summed E-state index contributed by atoms with van der Waals surface area (Å²) in [5, 5.41) is 0. The summed E-state index contributed by atoms with van der Waals surface area (Å²) in [6, 6.07) is 0. The predicted molar refractivity (Wildman–Crippen MR) is 66.5 cm³/mol. The van der Waals surface area contributed by atoms with Crippen molar-refractivity contribution in [3.05, 3.63) is 0 Å². The smallest absolute Gasteiger partial charge is 0.154 e. The molecular formula is C10H14Cl4O2. The lowest BCUT2D eigenvalue weighted by molar-refractivity contribution is -0.136. The highest BCUT2D eigenvalue weighted by Gasteiger charge is 2.52. The van der Waals surface area contributed by atoms with Gasteiger partial charge in [0.2, 0.25) is 0 Å². The van der Waals surface area contributed by atoms with E-state index in [1.807, 2.05) is 6.92 Å². The molecule has 0 amide bonds. The van der Waals surface area contributed by atoms with Crippen LogP contribution in [0.5, 0.6) is 0 Å². The molecule has 0 aromatic carbocycles. The van der Waals surface area contributed by atoms with Crippen LogP contribution in [0.4, 0.5) is 0 Å². The van der Waals surface area contributed by atoms with Crippen LogP contribution in [0.1, 0.15) is 19.8 Å². The number of alkyl halides is 4. The van der Waals surface area contributed by atoms with E-state index in [0.29, 0.717) is 13.2 Å². The Morgan fingerprint density at radius 1 is 1.00 bits per heavy atom. The standard InChI is InChI=1S/C10H14Cl4O2/c1-6(15-4-7-2-9(7,11)12)16-5-8-3-10(8,13)14/h6-8H,2-5H2,1H3/t7-,8-/m0/s1. The molecule has 0 aromatic rings. The fourth-order valence-electron chi connectivity index (χ4n) is 1.45. The van der Waals surface area contributed by atoms with Crippen molar-refractivity contribution in [1.82, 2.24) is 0 Å². The third-order valence-electron chi connectivity index (χ3n) is 2.98. The highest BCUT2D eigenvalue weighted by Crippen LogP contribution is 2.54. The molecular weight excluding hydrogens is 294 g/mol. The van der Waals surface area contributed by atoms with E-state index in [9.17, 15) is 0 Å². The average Bonchev–Trinajstić information content (AvgIpc) is 2.96. The van der Waals surface area contributed by atoms with E-state index < -0.39 is 8.67 Å². The second-order valence-corrected chi connectivity index (χ2v) is 7.64. The van der Waals surface area contributed by atoms with Crippen molar-refractivity contribution in [2.24, 2.45) is 11.8 Å². The second-order valence-electron chi connectivity index (χ2n) is 4.56. The maximum Gasteiger partial charge on any atom is 0.154 e. The fraction of sp³-hybridized carbons (Fsp3) is 1.00. The molecule has 16 heavy (non-hydrogen) atoms. The van der Waals surface area contributed by atoms with Gasteiger partial charge in [-0.1, -0.05) is 0 Å². The quantitative estimate of drug-likeness (QED) is 0.549.